The van der Waals surface area contributed by atoms with E-state index in [1.54, 1.807) is 41.5 Å². The number of carbonyl (C=O) groups excluding carboxylic acids is 2. The Kier molecular flexibility index (Phi) is 6.87. The van der Waals surface area contributed by atoms with Crippen LogP contribution in [0, 0.1) is 0 Å². The van der Waals surface area contributed by atoms with E-state index >= 15 is 0 Å². The maximum atomic E-state index is 13.2. The van der Waals surface area contributed by atoms with Crippen LogP contribution in [0.1, 0.15) is 47.1 Å². The standard InChI is InChI=1S/C17H20BrClF3NO4/c1-15(2,3)26-13(24)23(14(25)27-16(4,5)6)12-7-9(17(20,21)22)11(19)8-10(12)18/h7-8H,1-6H3. The molecule has 0 heterocycles. The predicted octanol–water partition coefficient (Wildman–Crippen LogP) is 6.80. The molecule has 0 saturated heterocycles. The molecule has 0 atom stereocenters. The fourth-order valence-electron chi connectivity index (χ4n) is 1.81. The summed E-state index contributed by atoms with van der Waals surface area (Å²) in [6, 6.07) is 1.53. The molecule has 2 amide bonds. The molecule has 0 aliphatic heterocycles. The van der Waals surface area contributed by atoms with Crippen molar-refractivity contribution in [1.82, 2.24) is 0 Å². The molecule has 10 heteroatoms. The highest BCUT2D eigenvalue weighted by Gasteiger charge is 2.38. The van der Waals surface area contributed by atoms with E-state index in [9.17, 15) is 22.8 Å². The Labute approximate surface area is 168 Å². The molecule has 1 aromatic rings. The molecule has 27 heavy (non-hydrogen) atoms. The number of hydrogen-bond acceptors (Lipinski definition) is 4. The maximum absolute atomic E-state index is 13.2. The number of ether oxygens (including phenoxy) is 2. The van der Waals surface area contributed by atoms with Gasteiger partial charge in [-0.05, 0) is 69.6 Å². The lowest BCUT2D eigenvalue weighted by Gasteiger charge is -2.29. The number of alkyl halides is 3. The summed E-state index contributed by atoms with van der Waals surface area (Å²) in [5.41, 5.74) is -3.61. The number of amides is 2. The second-order valence-electron chi connectivity index (χ2n) is 7.58. The number of imide groups is 1. The lowest BCUT2D eigenvalue weighted by Crippen LogP contribution is -2.44. The lowest BCUT2D eigenvalue weighted by molar-refractivity contribution is -0.137. The van der Waals surface area contributed by atoms with Crippen molar-refractivity contribution in [1.29, 1.82) is 0 Å². The predicted molar refractivity (Wildman–Crippen MR) is 99.1 cm³/mol. The van der Waals surface area contributed by atoms with Crippen LogP contribution < -0.4 is 4.90 Å². The van der Waals surface area contributed by atoms with Gasteiger partial charge in [-0.2, -0.15) is 18.1 Å². The monoisotopic (exact) mass is 473 g/mol. The lowest BCUT2D eigenvalue weighted by atomic mass is 10.1. The van der Waals surface area contributed by atoms with Crippen molar-refractivity contribution in [3.63, 3.8) is 0 Å². The van der Waals surface area contributed by atoms with Gasteiger partial charge in [-0.25, -0.2) is 9.59 Å². The molecular weight excluding hydrogens is 455 g/mol. The highest BCUT2D eigenvalue weighted by molar-refractivity contribution is 9.10. The van der Waals surface area contributed by atoms with E-state index in [1.807, 2.05) is 0 Å². The molecule has 1 aromatic carbocycles. The van der Waals surface area contributed by atoms with E-state index in [4.69, 9.17) is 21.1 Å². The van der Waals surface area contributed by atoms with Crippen LogP contribution in [0.5, 0.6) is 0 Å². The van der Waals surface area contributed by atoms with Crippen LogP contribution in [0.25, 0.3) is 0 Å². The van der Waals surface area contributed by atoms with Crippen molar-refractivity contribution in [2.45, 2.75) is 58.9 Å². The summed E-state index contributed by atoms with van der Waals surface area (Å²) in [4.78, 5) is 25.5. The van der Waals surface area contributed by atoms with E-state index < -0.39 is 45.8 Å². The summed E-state index contributed by atoms with van der Waals surface area (Å²) in [5.74, 6) is 0. The highest BCUT2D eigenvalue weighted by Crippen LogP contribution is 2.41. The Morgan fingerprint density at radius 3 is 1.70 bits per heavy atom. The van der Waals surface area contributed by atoms with Gasteiger partial charge >= 0.3 is 18.4 Å². The first kappa shape index (κ1) is 23.6. The molecule has 0 aliphatic carbocycles. The van der Waals surface area contributed by atoms with Crippen LogP contribution in [0.3, 0.4) is 0 Å². The Hall–Kier alpha value is -1.48. The van der Waals surface area contributed by atoms with E-state index in [2.05, 4.69) is 15.9 Å². The first-order chi connectivity index (χ1) is 11.9. The second-order valence-corrected chi connectivity index (χ2v) is 8.84. The van der Waals surface area contributed by atoms with Crippen molar-refractivity contribution in [3.05, 3.63) is 27.2 Å². The zero-order valence-corrected chi connectivity index (χ0v) is 18.0. The second kappa shape index (κ2) is 7.87. The van der Waals surface area contributed by atoms with Crippen LogP contribution in [-0.2, 0) is 15.7 Å². The van der Waals surface area contributed by atoms with Gasteiger partial charge in [-0.1, -0.05) is 11.6 Å². The van der Waals surface area contributed by atoms with Crippen molar-refractivity contribution >= 4 is 45.4 Å². The summed E-state index contributed by atoms with van der Waals surface area (Å²) in [6.45, 7) is 9.31. The third-order valence-electron chi connectivity index (χ3n) is 2.73. The minimum Gasteiger partial charge on any atom is -0.443 e. The largest absolute Gasteiger partial charge is 0.443 e. The number of carbonyl (C=O) groups is 2. The third kappa shape index (κ3) is 6.88. The molecule has 0 spiro atoms. The molecule has 152 valence electrons. The highest BCUT2D eigenvalue weighted by atomic mass is 79.9. The van der Waals surface area contributed by atoms with Crippen molar-refractivity contribution in [3.8, 4) is 0 Å². The topological polar surface area (TPSA) is 55.8 Å². The molecule has 0 unspecified atom stereocenters. The Balaban J connectivity index is 3.55. The molecule has 0 bridgehead atoms. The molecule has 0 saturated carbocycles. The molecular formula is C17H20BrClF3NO4. The van der Waals surface area contributed by atoms with Gasteiger partial charge in [0.05, 0.1) is 16.3 Å². The molecule has 1 rings (SSSR count). The number of rotatable bonds is 1. The molecule has 5 nitrogen and oxygen atoms in total. The first-order valence-electron chi connectivity index (χ1n) is 7.75. The molecule has 0 radical (unpaired) electrons. The SMILES string of the molecule is CC(C)(C)OC(=O)N(C(=O)OC(C)(C)C)c1cc(C(F)(F)F)c(Cl)cc1Br. The normalized spacial score (nSPS) is 12.6. The summed E-state index contributed by atoms with van der Waals surface area (Å²) in [5, 5.41) is -0.591. The minimum absolute atomic E-state index is 0.0165. The van der Waals surface area contributed by atoms with Crippen molar-refractivity contribution < 1.29 is 32.2 Å². The number of benzene rings is 1. The van der Waals surface area contributed by atoms with Crippen molar-refractivity contribution in [2.24, 2.45) is 0 Å². The minimum atomic E-state index is -4.79. The van der Waals surface area contributed by atoms with Gasteiger partial charge in [0, 0.05) is 4.47 Å². The van der Waals surface area contributed by atoms with Gasteiger partial charge in [0.25, 0.3) is 0 Å². The van der Waals surface area contributed by atoms with E-state index in [0.29, 0.717) is 11.0 Å². The van der Waals surface area contributed by atoms with Gasteiger partial charge < -0.3 is 9.47 Å². The van der Waals surface area contributed by atoms with Crippen LogP contribution in [-0.4, -0.2) is 23.4 Å². The average molecular weight is 475 g/mol. The average Bonchev–Trinajstić information content (AvgIpc) is 2.35. The maximum Gasteiger partial charge on any atom is 0.424 e. The zero-order chi connectivity index (χ0) is 21.4. The zero-order valence-electron chi connectivity index (χ0n) is 15.6. The smallest absolute Gasteiger partial charge is 0.424 e. The fourth-order valence-corrected chi connectivity index (χ4v) is 2.74. The van der Waals surface area contributed by atoms with Crippen LogP contribution in [0.15, 0.2) is 16.6 Å². The van der Waals surface area contributed by atoms with Crippen molar-refractivity contribution in [2.75, 3.05) is 4.90 Å². The number of halogens is 5. The first-order valence-corrected chi connectivity index (χ1v) is 8.92. The van der Waals surface area contributed by atoms with Crippen LogP contribution in [0.2, 0.25) is 5.02 Å². The molecule has 0 aliphatic rings. The summed E-state index contributed by atoms with van der Waals surface area (Å²) in [6.07, 6.45) is -7.17. The molecule has 0 N–H and O–H groups in total. The van der Waals surface area contributed by atoms with E-state index in [1.165, 1.54) is 0 Å². The number of nitrogens with zero attached hydrogens (tertiary/aromatic N) is 1. The quantitative estimate of drug-likeness (QED) is 0.449. The Morgan fingerprint density at radius 2 is 1.37 bits per heavy atom. The van der Waals surface area contributed by atoms with Crippen LogP contribution in [0.4, 0.5) is 28.4 Å². The van der Waals surface area contributed by atoms with E-state index in [-0.39, 0.29) is 4.47 Å². The number of anilines is 1. The van der Waals surface area contributed by atoms with Gasteiger partial charge in [0.2, 0.25) is 0 Å². The molecule has 0 aromatic heterocycles. The summed E-state index contributed by atoms with van der Waals surface area (Å²) < 4.78 is 49.9. The van der Waals surface area contributed by atoms with Gasteiger partial charge in [0.15, 0.2) is 0 Å². The van der Waals surface area contributed by atoms with Gasteiger partial charge in [-0.15, -0.1) is 0 Å². The summed E-state index contributed by atoms with van der Waals surface area (Å²) in [7, 11) is 0. The summed E-state index contributed by atoms with van der Waals surface area (Å²) >= 11 is 8.70. The van der Waals surface area contributed by atoms with Crippen LogP contribution >= 0.6 is 27.5 Å². The molecule has 0 fully saturated rings. The van der Waals surface area contributed by atoms with Gasteiger partial charge in [-0.3, -0.25) is 0 Å². The number of hydrogen-bond donors (Lipinski definition) is 0. The fraction of sp³-hybridized carbons (Fsp3) is 0.529. The Morgan fingerprint density at radius 1 is 0.963 bits per heavy atom. The third-order valence-corrected chi connectivity index (χ3v) is 3.68. The Bertz CT molecular complexity index is 711. The van der Waals surface area contributed by atoms with Gasteiger partial charge in [0.1, 0.15) is 11.2 Å². The van der Waals surface area contributed by atoms with E-state index in [0.717, 1.165) is 6.07 Å².